The molecule has 0 saturated heterocycles. The molecule has 0 bridgehead atoms. The fraction of sp³-hybridized carbons (Fsp3) is 0.222. The molecule has 88 valence electrons. The fourth-order valence-electron chi connectivity index (χ4n) is 1.04. The number of nitrogens with two attached hydrogens (primary N) is 1. The van der Waals surface area contributed by atoms with Crippen LogP contribution in [0.2, 0.25) is 0 Å². The van der Waals surface area contributed by atoms with E-state index in [1.165, 1.54) is 18.2 Å². The van der Waals surface area contributed by atoms with E-state index in [0.29, 0.717) is 0 Å². The van der Waals surface area contributed by atoms with Gasteiger partial charge in [0.2, 0.25) is 15.9 Å². The summed E-state index contributed by atoms with van der Waals surface area (Å²) in [5, 5.41) is 9.12. The van der Waals surface area contributed by atoms with Crippen LogP contribution in [-0.4, -0.2) is 26.0 Å². The Morgan fingerprint density at radius 1 is 1.44 bits per heavy atom. The quantitative estimate of drug-likeness (QED) is 0.651. The van der Waals surface area contributed by atoms with Crippen molar-refractivity contribution < 1.29 is 18.3 Å². The molecule has 1 amide bonds. The SMILES string of the molecule is NC(=O)CCNS(=O)(=O)c1cccc(O)c1. The molecule has 6 nitrogen and oxygen atoms in total. The van der Waals surface area contributed by atoms with Crippen molar-refractivity contribution in [1.29, 1.82) is 0 Å². The molecule has 0 saturated carbocycles. The van der Waals surface area contributed by atoms with Gasteiger partial charge in [-0.05, 0) is 18.2 Å². The monoisotopic (exact) mass is 244 g/mol. The third-order valence-corrected chi connectivity index (χ3v) is 3.25. The van der Waals surface area contributed by atoms with Crippen LogP contribution in [0, 0.1) is 0 Å². The summed E-state index contributed by atoms with van der Waals surface area (Å²) in [6, 6.07) is 5.24. The molecule has 0 unspecified atom stereocenters. The minimum atomic E-state index is -3.70. The average Bonchev–Trinajstić information content (AvgIpc) is 2.16. The number of carbonyl (C=O) groups excluding carboxylic acids is 1. The largest absolute Gasteiger partial charge is 0.508 e. The van der Waals surface area contributed by atoms with Gasteiger partial charge in [0, 0.05) is 13.0 Å². The van der Waals surface area contributed by atoms with Crippen molar-refractivity contribution in [3.05, 3.63) is 24.3 Å². The van der Waals surface area contributed by atoms with Crippen LogP contribution in [0.3, 0.4) is 0 Å². The van der Waals surface area contributed by atoms with Gasteiger partial charge in [-0.25, -0.2) is 13.1 Å². The van der Waals surface area contributed by atoms with Crippen molar-refractivity contribution >= 4 is 15.9 Å². The zero-order chi connectivity index (χ0) is 12.2. The molecule has 0 atom stereocenters. The number of primary amides is 1. The molecule has 16 heavy (non-hydrogen) atoms. The highest BCUT2D eigenvalue weighted by molar-refractivity contribution is 7.89. The number of sulfonamides is 1. The third kappa shape index (κ3) is 3.52. The van der Waals surface area contributed by atoms with Crippen LogP contribution in [0.4, 0.5) is 0 Å². The summed E-state index contributed by atoms with van der Waals surface area (Å²) in [6.07, 6.45) is -0.0714. The Balaban J connectivity index is 2.74. The molecule has 0 fully saturated rings. The first-order valence-electron chi connectivity index (χ1n) is 4.49. The van der Waals surface area contributed by atoms with E-state index in [0.717, 1.165) is 6.07 Å². The van der Waals surface area contributed by atoms with E-state index in [1.54, 1.807) is 0 Å². The molecule has 0 aromatic heterocycles. The summed E-state index contributed by atoms with van der Waals surface area (Å²) < 4.78 is 25.4. The number of amides is 1. The fourth-order valence-corrected chi connectivity index (χ4v) is 2.11. The van der Waals surface area contributed by atoms with Crippen molar-refractivity contribution in [3.8, 4) is 5.75 Å². The molecule has 0 radical (unpaired) electrons. The second-order valence-electron chi connectivity index (χ2n) is 3.11. The number of hydrogen-bond acceptors (Lipinski definition) is 4. The smallest absolute Gasteiger partial charge is 0.240 e. The summed E-state index contributed by atoms with van der Waals surface area (Å²) in [4.78, 5) is 10.4. The normalized spacial score (nSPS) is 11.2. The third-order valence-electron chi connectivity index (χ3n) is 1.79. The maximum atomic E-state index is 11.6. The Hall–Kier alpha value is -1.60. The maximum absolute atomic E-state index is 11.6. The summed E-state index contributed by atoms with van der Waals surface area (Å²) in [5.74, 6) is -0.726. The molecule has 1 rings (SSSR count). The number of phenolic OH excluding ortho intramolecular Hbond substituents is 1. The van der Waals surface area contributed by atoms with Crippen molar-refractivity contribution in [2.24, 2.45) is 5.73 Å². The van der Waals surface area contributed by atoms with Gasteiger partial charge in [0.05, 0.1) is 4.90 Å². The van der Waals surface area contributed by atoms with Crippen molar-refractivity contribution in [3.63, 3.8) is 0 Å². The number of nitrogens with one attached hydrogen (secondary N) is 1. The number of carbonyl (C=O) groups is 1. The molecule has 0 heterocycles. The zero-order valence-electron chi connectivity index (χ0n) is 8.38. The topological polar surface area (TPSA) is 109 Å². The summed E-state index contributed by atoms with van der Waals surface area (Å²) in [6.45, 7) is -0.0622. The average molecular weight is 244 g/mol. The number of rotatable bonds is 5. The number of benzene rings is 1. The minimum Gasteiger partial charge on any atom is -0.508 e. The van der Waals surface area contributed by atoms with Gasteiger partial charge in [-0.2, -0.15) is 0 Å². The lowest BCUT2D eigenvalue weighted by atomic mass is 10.3. The number of aromatic hydroxyl groups is 1. The molecule has 1 aromatic rings. The van der Waals surface area contributed by atoms with E-state index < -0.39 is 15.9 Å². The van der Waals surface area contributed by atoms with E-state index in [1.807, 2.05) is 0 Å². The van der Waals surface area contributed by atoms with Gasteiger partial charge in [-0.1, -0.05) is 6.07 Å². The van der Waals surface area contributed by atoms with Crippen LogP contribution >= 0.6 is 0 Å². The van der Waals surface area contributed by atoms with E-state index in [-0.39, 0.29) is 23.6 Å². The first-order valence-corrected chi connectivity index (χ1v) is 5.97. The Kier molecular flexibility index (Phi) is 3.86. The van der Waals surface area contributed by atoms with Gasteiger partial charge in [0.15, 0.2) is 0 Å². The van der Waals surface area contributed by atoms with Crippen LogP contribution < -0.4 is 10.5 Å². The van der Waals surface area contributed by atoms with Crippen LogP contribution in [0.15, 0.2) is 29.2 Å². The minimum absolute atomic E-state index is 0.0584. The van der Waals surface area contributed by atoms with Gasteiger partial charge in [-0.15, -0.1) is 0 Å². The van der Waals surface area contributed by atoms with Gasteiger partial charge in [-0.3, -0.25) is 4.79 Å². The highest BCUT2D eigenvalue weighted by atomic mass is 32.2. The second kappa shape index (κ2) is 4.95. The van der Waals surface area contributed by atoms with Gasteiger partial charge >= 0.3 is 0 Å². The highest BCUT2D eigenvalue weighted by Crippen LogP contribution is 2.15. The first-order chi connectivity index (χ1) is 7.42. The molecule has 7 heteroatoms. The maximum Gasteiger partial charge on any atom is 0.240 e. The van der Waals surface area contributed by atoms with Crippen LogP contribution in [0.5, 0.6) is 5.75 Å². The predicted octanol–water partition coefficient (Wildman–Crippen LogP) is -0.454. The molecule has 1 aromatic carbocycles. The molecular formula is C9H12N2O4S. The molecule has 0 aliphatic rings. The van der Waals surface area contributed by atoms with E-state index in [4.69, 9.17) is 10.8 Å². The number of hydrogen-bond donors (Lipinski definition) is 3. The molecule has 0 aliphatic carbocycles. The van der Waals surface area contributed by atoms with Crippen LogP contribution in [-0.2, 0) is 14.8 Å². The zero-order valence-corrected chi connectivity index (χ0v) is 9.20. The lowest BCUT2D eigenvalue weighted by Crippen LogP contribution is -2.27. The van der Waals surface area contributed by atoms with Crippen LogP contribution in [0.1, 0.15) is 6.42 Å². The Morgan fingerprint density at radius 3 is 2.69 bits per heavy atom. The van der Waals surface area contributed by atoms with Crippen molar-refractivity contribution in [1.82, 2.24) is 4.72 Å². The number of phenols is 1. The lowest BCUT2D eigenvalue weighted by Gasteiger charge is -2.05. The summed E-state index contributed by atoms with van der Waals surface area (Å²) in [7, 11) is -3.70. The molecule has 4 N–H and O–H groups in total. The van der Waals surface area contributed by atoms with Crippen LogP contribution in [0.25, 0.3) is 0 Å². The Bertz CT molecular complexity index is 484. The summed E-state index contributed by atoms with van der Waals surface area (Å²) >= 11 is 0. The first kappa shape index (κ1) is 12.5. The highest BCUT2D eigenvalue weighted by Gasteiger charge is 2.13. The Morgan fingerprint density at radius 2 is 2.12 bits per heavy atom. The summed E-state index contributed by atoms with van der Waals surface area (Å²) in [5.41, 5.74) is 4.87. The predicted molar refractivity (Wildman–Crippen MR) is 57.1 cm³/mol. The molecule has 0 aliphatic heterocycles. The molecular weight excluding hydrogens is 232 g/mol. The Labute approximate surface area is 93.1 Å². The standard InChI is InChI=1S/C9H12N2O4S/c10-9(13)4-5-11-16(14,15)8-3-1-2-7(12)6-8/h1-3,6,11-12H,4-5H2,(H2,10,13). The van der Waals surface area contributed by atoms with E-state index >= 15 is 0 Å². The lowest BCUT2D eigenvalue weighted by molar-refractivity contribution is -0.117. The van der Waals surface area contributed by atoms with Crippen molar-refractivity contribution in [2.75, 3.05) is 6.54 Å². The van der Waals surface area contributed by atoms with Crippen molar-refractivity contribution in [2.45, 2.75) is 11.3 Å². The van der Waals surface area contributed by atoms with E-state index in [2.05, 4.69) is 4.72 Å². The van der Waals surface area contributed by atoms with Gasteiger partial charge in [0.25, 0.3) is 0 Å². The second-order valence-corrected chi connectivity index (χ2v) is 4.88. The van der Waals surface area contributed by atoms with Gasteiger partial charge < -0.3 is 10.8 Å². The van der Waals surface area contributed by atoms with Gasteiger partial charge in [0.1, 0.15) is 5.75 Å². The van der Waals surface area contributed by atoms with E-state index in [9.17, 15) is 13.2 Å². The molecule has 0 spiro atoms.